The van der Waals surface area contributed by atoms with Gasteiger partial charge in [0.25, 0.3) is 0 Å². The van der Waals surface area contributed by atoms with Crippen molar-refractivity contribution in [3.8, 4) is 0 Å². The highest BCUT2D eigenvalue weighted by molar-refractivity contribution is 5.50. The summed E-state index contributed by atoms with van der Waals surface area (Å²) in [7, 11) is 0. The van der Waals surface area contributed by atoms with E-state index in [2.05, 4.69) is 25.5 Å². The van der Waals surface area contributed by atoms with Crippen LogP contribution in [-0.2, 0) is 0 Å². The lowest BCUT2D eigenvalue weighted by Crippen LogP contribution is -1.91. The Bertz CT molecular complexity index is 328. The van der Waals surface area contributed by atoms with Crippen LogP contribution in [0.4, 0.5) is 11.6 Å². The standard InChI is InChI=1S/C7H7N5/c1-3-8-4-2-6(1)11-7-9-5-10-12-7/h1-5H,(H2,8,9,10,11,12). The molecule has 2 N–H and O–H groups in total. The molecule has 60 valence electrons. The summed E-state index contributed by atoms with van der Waals surface area (Å²) in [5, 5.41) is 9.41. The van der Waals surface area contributed by atoms with Crippen molar-refractivity contribution in [2.75, 3.05) is 5.32 Å². The maximum absolute atomic E-state index is 3.91. The van der Waals surface area contributed by atoms with Crippen LogP contribution in [0.5, 0.6) is 0 Å². The van der Waals surface area contributed by atoms with Gasteiger partial charge in [-0.3, -0.25) is 4.98 Å². The number of hydrogen-bond acceptors (Lipinski definition) is 4. The van der Waals surface area contributed by atoms with Crippen molar-refractivity contribution in [2.45, 2.75) is 0 Å². The van der Waals surface area contributed by atoms with Gasteiger partial charge in [-0.25, -0.2) is 5.10 Å². The summed E-state index contributed by atoms with van der Waals surface area (Å²) in [6.07, 6.45) is 4.86. The van der Waals surface area contributed by atoms with E-state index < -0.39 is 0 Å². The summed E-state index contributed by atoms with van der Waals surface area (Å²) in [4.78, 5) is 7.80. The molecule has 2 aromatic rings. The smallest absolute Gasteiger partial charge is 0.222 e. The summed E-state index contributed by atoms with van der Waals surface area (Å²) in [6.45, 7) is 0. The molecule has 2 heterocycles. The quantitative estimate of drug-likeness (QED) is 0.688. The first-order chi connectivity index (χ1) is 5.95. The first-order valence-corrected chi connectivity index (χ1v) is 3.47. The van der Waals surface area contributed by atoms with Crippen molar-refractivity contribution in [3.05, 3.63) is 30.9 Å². The molecule has 0 aliphatic heterocycles. The third kappa shape index (κ3) is 1.39. The van der Waals surface area contributed by atoms with Crippen LogP contribution in [-0.4, -0.2) is 20.2 Å². The van der Waals surface area contributed by atoms with Crippen LogP contribution in [0.3, 0.4) is 0 Å². The first-order valence-electron chi connectivity index (χ1n) is 3.47. The maximum Gasteiger partial charge on any atom is 0.222 e. The second kappa shape index (κ2) is 3.00. The van der Waals surface area contributed by atoms with Gasteiger partial charge in [0, 0.05) is 18.1 Å². The van der Waals surface area contributed by atoms with Crippen LogP contribution in [0.2, 0.25) is 0 Å². The highest BCUT2D eigenvalue weighted by atomic mass is 15.3. The van der Waals surface area contributed by atoms with E-state index >= 15 is 0 Å². The summed E-state index contributed by atoms with van der Waals surface area (Å²) in [5.41, 5.74) is 0.932. The van der Waals surface area contributed by atoms with Crippen molar-refractivity contribution in [2.24, 2.45) is 0 Å². The Hall–Kier alpha value is -1.91. The van der Waals surface area contributed by atoms with Crippen LogP contribution in [0.25, 0.3) is 0 Å². The molecule has 0 fully saturated rings. The number of aromatic nitrogens is 4. The Morgan fingerprint density at radius 3 is 2.75 bits per heavy atom. The molecule has 0 aliphatic rings. The van der Waals surface area contributed by atoms with Gasteiger partial charge in [0.1, 0.15) is 6.33 Å². The van der Waals surface area contributed by atoms with E-state index in [1.54, 1.807) is 12.4 Å². The van der Waals surface area contributed by atoms with Crippen molar-refractivity contribution >= 4 is 11.6 Å². The minimum absolute atomic E-state index is 0.626. The number of H-pyrrole nitrogens is 1. The second-order valence-corrected chi connectivity index (χ2v) is 2.19. The van der Waals surface area contributed by atoms with Gasteiger partial charge in [0.05, 0.1) is 0 Å². The predicted octanol–water partition coefficient (Wildman–Crippen LogP) is 0.943. The Labute approximate surface area is 68.9 Å². The number of nitrogens with zero attached hydrogens (tertiary/aromatic N) is 3. The molecule has 0 unspecified atom stereocenters. The van der Waals surface area contributed by atoms with Crippen molar-refractivity contribution in [1.82, 2.24) is 20.2 Å². The van der Waals surface area contributed by atoms with Gasteiger partial charge in [-0.2, -0.15) is 10.1 Å². The zero-order valence-corrected chi connectivity index (χ0v) is 6.23. The van der Waals surface area contributed by atoms with Crippen molar-refractivity contribution < 1.29 is 0 Å². The third-order valence-corrected chi connectivity index (χ3v) is 1.36. The second-order valence-electron chi connectivity index (χ2n) is 2.19. The fourth-order valence-corrected chi connectivity index (χ4v) is 0.838. The van der Waals surface area contributed by atoms with Crippen LogP contribution < -0.4 is 5.32 Å². The van der Waals surface area contributed by atoms with E-state index in [9.17, 15) is 0 Å². The number of aromatic amines is 1. The Balaban J connectivity index is 2.15. The molecular formula is C7H7N5. The maximum atomic E-state index is 3.91. The molecule has 5 nitrogen and oxygen atoms in total. The molecule has 0 amide bonds. The van der Waals surface area contributed by atoms with Crippen LogP contribution in [0, 0.1) is 0 Å². The van der Waals surface area contributed by atoms with Gasteiger partial charge in [0.15, 0.2) is 0 Å². The summed E-state index contributed by atoms with van der Waals surface area (Å²) < 4.78 is 0. The SMILES string of the molecule is c1cc(Nc2ncn[nH]2)ccn1. The molecule has 0 atom stereocenters. The molecule has 0 spiro atoms. The molecule has 12 heavy (non-hydrogen) atoms. The monoisotopic (exact) mass is 161 g/mol. The highest BCUT2D eigenvalue weighted by Gasteiger charge is 1.93. The minimum Gasteiger partial charge on any atom is -0.324 e. The zero-order chi connectivity index (χ0) is 8.23. The molecule has 0 saturated heterocycles. The largest absolute Gasteiger partial charge is 0.324 e. The van der Waals surface area contributed by atoms with Crippen LogP contribution in [0.15, 0.2) is 30.9 Å². The number of rotatable bonds is 2. The average Bonchev–Trinajstić information content (AvgIpc) is 2.59. The lowest BCUT2D eigenvalue weighted by molar-refractivity contribution is 1.09. The molecule has 0 aliphatic carbocycles. The van der Waals surface area contributed by atoms with Gasteiger partial charge in [-0.05, 0) is 12.1 Å². The lowest BCUT2D eigenvalue weighted by Gasteiger charge is -1.99. The minimum atomic E-state index is 0.626. The van der Waals surface area contributed by atoms with E-state index in [0.717, 1.165) is 5.69 Å². The Morgan fingerprint density at radius 2 is 2.08 bits per heavy atom. The van der Waals surface area contributed by atoms with Crippen molar-refractivity contribution in [1.29, 1.82) is 0 Å². The fraction of sp³-hybridized carbons (Fsp3) is 0. The Morgan fingerprint density at radius 1 is 1.25 bits per heavy atom. The van der Waals surface area contributed by atoms with E-state index in [1.165, 1.54) is 6.33 Å². The highest BCUT2D eigenvalue weighted by Crippen LogP contribution is 2.08. The number of hydrogen-bond donors (Lipinski definition) is 2. The average molecular weight is 161 g/mol. The molecule has 2 aromatic heterocycles. The molecule has 0 saturated carbocycles. The molecule has 0 radical (unpaired) electrons. The predicted molar refractivity (Wildman–Crippen MR) is 43.9 cm³/mol. The van der Waals surface area contributed by atoms with E-state index in [4.69, 9.17) is 0 Å². The Kier molecular flexibility index (Phi) is 1.69. The van der Waals surface area contributed by atoms with E-state index in [1.807, 2.05) is 12.1 Å². The molecule has 0 aromatic carbocycles. The normalized spacial score (nSPS) is 9.67. The summed E-state index contributed by atoms with van der Waals surface area (Å²) in [6, 6.07) is 3.70. The molecule has 0 bridgehead atoms. The fourth-order valence-electron chi connectivity index (χ4n) is 0.838. The molecule has 2 rings (SSSR count). The van der Waals surface area contributed by atoms with Gasteiger partial charge >= 0.3 is 0 Å². The third-order valence-electron chi connectivity index (χ3n) is 1.36. The van der Waals surface area contributed by atoms with Crippen LogP contribution >= 0.6 is 0 Å². The van der Waals surface area contributed by atoms with Gasteiger partial charge in [0.2, 0.25) is 5.95 Å². The van der Waals surface area contributed by atoms with Gasteiger partial charge in [-0.1, -0.05) is 0 Å². The van der Waals surface area contributed by atoms with Gasteiger partial charge in [-0.15, -0.1) is 0 Å². The van der Waals surface area contributed by atoms with Gasteiger partial charge < -0.3 is 5.32 Å². The van der Waals surface area contributed by atoms with Crippen LogP contribution in [0.1, 0.15) is 0 Å². The number of anilines is 2. The first kappa shape index (κ1) is 6.78. The van der Waals surface area contributed by atoms with E-state index in [-0.39, 0.29) is 0 Å². The zero-order valence-electron chi connectivity index (χ0n) is 6.23. The lowest BCUT2D eigenvalue weighted by atomic mass is 10.4. The number of pyridine rings is 1. The number of nitrogens with one attached hydrogen (secondary N) is 2. The van der Waals surface area contributed by atoms with Crippen molar-refractivity contribution in [3.63, 3.8) is 0 Å². The summed E-state index contributed by atoms with van der Waals surface area (Å²) >= 11 is 0. The van der Waals surface area contributed by atoms with E-state index in [0.29, 0.717) is 5.95 Å². The topological polar surface area (TPSA) is 66.5 Å². The molecule has 5 heteroatoms. The summed E-state index contributed by atoms with van der Waals surface area (Å²) in [5.74, 6) is 0.626. The molecular weight excluding hydrogens is 154 g/mol.